The quantitative estimate of drug-likeness (QED) is 0.151. The topological polar surface area (TPSA) is 12.0 Å². The van der Waals surface area contributed by atoms with Crippen molar-refractivity contribution in [2.24, 2.45) is 0 Å². The summed E-state index contributed by atoms with van der Waals surface area (Å²) >= 11 is 0. The van der Waals surface area contributed by atoms with Gasteiger partial charge in [-0.25, -0.2) is 0 Å². The van der Waals surface area contributed by atoms with Gasteiger partial charge in [0.25, 0.3) is 0 Å². The van der Waals surface area contributed by atoms with Crippen molar-refractivity contribution in [2.75, 3.05) is 5.32 Å². The highest BCUT2D eigenvalue weighted by atomic mass is 14.9. The lowest BCUT2D eigenvalue weighted by atomic mass is 9.82. The highest BCUT2D eigenvalue weighted by Gasteiger charge is 2.19. The first-order valence-corrected chi connectivity index (χ1v) is 17.7. The van der Waals surface area contributed by atoms with Gasteiger partial charge in [0.05, 0.1) is 0 Å². The van der Waals surface area contributed by atoms with Gasteiger partial charge >= 0.3 is 0 Å². The first-order chi connectivity index (χ1) is 23.6. The molecule has 7 aromatic rings. The SMILES string of the molecule is CCCCc1ccc2ccccc2c1-c1c(CCCC)cc(-c2ccc(Nc3ccc(-c4ccc(C)cc4)cc3)cc2)c2ccccc12. The Morgan fingerprint density at radius 1 is 0.458 bits per heavy atom. The van der Waals surface area contributed by atoms with E-state index in [0.717, 1.165) is 24.2 Å². The third kappa shape index (κ3) is 6.51. The summed E-state index contributed by atoms with van der Waals surface area (Å²) in [5, 5.41) is 8.96. The molecule has 0 aliphatic carbocycles. The summed E-state index contributed by atoms with van der Waals surface area (Å²) in [5.74, 6) is 0. The Bertz CT molecular complexity index is 2150. The summed E-state index contributed by atoms with van der Waals surface area (Å²) < 4.78 is 0. The van der Waals surface area contributed by atoms with E-state index in [-0.39, 0.29) is 0 Å². The lowest BCUT2D eigenvalue weighted by Gasteiger charge is -2.22. The fourth-order valence-corrected chi connectivity index (χ4v) is 7.11. The van der Waals surface area contributed by atoms with Crippen LogP contribution in [0.15, 0.2) is 140 Å². The predicted octanol–water partition coefficient (Wildman–Crippen LogP) is 13.7. The summed E-state index contributed by atoms with van der Waals surface area (Å²) in [5.41, 5.74) is 14.3. The van der Waals surface area contributed by atoms with Crippen LogP contribution in [0.3, 0.4) is 0 Å². The van der Waals surface area contributed by atoms with Crippen molar-refractivity contribution >= 4 is 32.9 Å². The molecule has 48 heavy (non-hydrogen) atoms. The summed E-state index contributed by atoms with van der Waals surface area (Å²) in [4.78, 5) is 0. The Labute approximate surface area is 286 Å². The number of nitrogens with one attached hydrogen (secondary N) is 1. The van der Waals surface area contributed by atoms with Crippen LogP contribution in [-0.4, -0.2) is 0 Å². The molecule has 238 valence electrons. The highest BCUT2D eigenvalue weighted by molar-refractivity contribution is 6.11. The van der Waals surface area contributed by atoms with E-state index in [0.29, 0.717) is 0 Å². The van der Waals surface area contributed by atoms with Crippen molar-refractivity contribution in [1.29, 1.82) is 0 Å². The van der Waals surface area contributed by atoms with Crippen molar-refractivity contribution < 1.29 is 0 Å². The van der Waals surface area contributed by atoms with Gasteiger partial charge in [0.2, 0.25) is 0 Å². The Hall–Kier alpha value is -5.14. The lowest BCUT2D eigenvalue weighted by Crippen LogP contribution is -1.99. The number of hydrogen-bond acceptors (Lipinski definition) is 1. The highest BCUT2D eigenvalue weighted by Crippen LogP contribution is 2.44. The molecule has 1 N–H and O–H groups in total. The second-order valence-electron chi connectivity index (χ2n) is 13.2. The average molecular weight is 624 g/mol. The molecule has 0 fully saturated rings. The molecule has 0 atom stereocenters. The smallest absolute Gasteiger partial charge is 0.0384 e. The van der Waals surface area contributed by atoms with Gasteiger partial charge in [-0.2, -0.15) is 0 Å². The molecular weight excluding hydrogens is 579 g/mol. The molecule has 7 aromatic carbocycles. The van der Waals surface area contributed by atoms with Gasteiger partial charge in [0.1, 0.15) is 0 Å². The minimum Gasteiger partial charge on any atom is -0.356 e. The van der Waals surface area contributed by atoms with Gasteiger partial charge < -0.3 is 5.32 Å². The zero-order valence-electron chi connectivity index (χ0n) is 28.5. The molecule has 0 unspecified atom stereocenters. The number of anilines is 2. The van der Waals surface area contributed by atoms with Crippen LogP contribution in [0.5, 0.6) is 0 Å². The van der Waals surface area contributed by atoms with E-state index >= 15 is 0 Å². The zero-order chi connectivity index (χ0) is 32.9. The molecule has 7 rings (SSSR count). The van der Waals surface area contributed by atoms with Crippen LogP contribution in [0.1, 0.15) is 56.2 Å². The number of unbranched alkanes of at least 4 members (excludes halogenated alkanes) is 2. The van der Waals surface area contributed by atoms with Gasteiger partial charge in [0.15, 0.2) is 0 Å². The van der Waals surface area contributed by atoms with E-state index in [2.05, 4.69) is 166 Å². The molecule has 0 saturated heterocycles. The van der Waals surface area contributed by atoms with E-state index in [4.69, 9.17) is 0 Å². The Kier molecular flexibility index (Phi) is 9.39. The predicted molar refractivity (Wildman–Crippen MR) is 209 cm³/mol. The molecule has 0 bridgehead atoms. The fraction of sp³-hybridized carbons (Fsp3) is 0.191. The van der Waals surface area contributed by atoms with Crippen LogP contribution in [0.2, 0.25) is 0 Å². The van der Waals surface area contributed by atoms with Crippen LogP contribution >= 0.6 is 0 Å². The fourth-order valence-electron chi connectivity index (χ4n) is 7.11. The molecule has 0 aliphatic heterocycles. The maximum Gasteiger partial charge on any atom is 0.0384 e. The third-order valence-electron chi connectivity index (χ3n) is 9.75. The van der Waals surface area contributed by atoms with Crippen LogP contribution in [0.4, 0.5) is 11.4 Å². The summed E-state index contributed by atoms with van der Waals surface area (Å²) in [6.45, 7) is 6.72. The van der Waals surface area contributed by atoms with Gasteiger partial charge in [-0.1, -0.05) is 141 Å². The number of fused-ring (bicyclic) bond motifs is 2. The normalized spacial score (nSPS) is 11.3. The van der Waals surface area contributed by atoms with Crippen LogP contribution in [0.25, 0.3) is 54.9 Å². The molecule has 0 radical (unpaired) electrons. The molecule has 1 nitrogen and oxygen atoms in total. The third-order valence-corrected chi connectivity index (χ3v) is 9.75. The second-order valence-corrected chi connectivity index (χ2v) is 13.2. The number of rotatable bonds is 11. The van der Waals surface area contributed by atoms with Gasteiger partial charge in [0, 0.05) is 11.4 Å². The summed E-state index contributed by atoms with van der Waals surface area (Å²) in [6.07, 6.45) is 6.90. The van der Waals surface area contributed by atoms with E-state index in [9.17, 15) is 0 Å². The Balaban J connectivity index is 1.28. The van der Waals surface area contributed by atoms with Crippen molar-refractivity contribution in [3.8, 4) is 33.4 Å². The van der Waals surface area contributed by atoms with Crippen LogP contribution in [0, 0.1) is 6.92 Å². The molecule has 0 amide bonds. The molecule has 0 saturated carbocycles. The molecule has 0 heterocycles. The minimum absolute atomic E-state index is 1.07. The zero-order valence-corrected chi connectivity index (χ0v) is 28.5. The van der Waals surface area contributed by atoms with Crippen LogP contribution < -0.4 is 5.32 Å². The second kappa shape index (κ2) is 14.3. The number of aryl methyl sites for hydroxylation is 3. The van der Waals surface area contributed by atoms with Gasteiger partial charge in [-0.15, -0.1) is 0 Å². The first-order valence-electron chi connectivity index (χ1n) is 17.7. The Morgan fingerprint density at radius 2 is 0.979 bits per heavy atom. The maximum atomic E-state index is 3.62. The van der Waals surface area contributed by atoms with Gasteiger partial charge in [-0.3, -0.25) is 0 Å². The average Bonchev–Trinajstić information content (AvgIpc) is 3.13. The molecule has 0 spiro atoms. The first kappa shape index (κ1) is 31.5. The van der Waals surface area contributed by atoms with Crippen molar-refractivity contribution in [3.05, 3.63) is 156 Å². The van der Waals surface area contributed by atoms with Crippen molar-refractivity contribution in [1.82, 2.24) is 0 Å². The van der Waals surface area contributed by atoms with Crippen LogP contribution in [-0.2, 0) is 12.8 Å². The van der Waals surface area contributed by atoms with E-state index in [1.807, 2.05) is 0 Å². The van der Waals surface area contributed by atoms with E-state index in [1.165, 1.54) is 97.3 Å². The summed E-state index contributed by atoms with van der Waals surface area (Å²) in [7, 11) is 0. The van der Waals surface area contributed by atoms with Gasteiger partial charge in [-0.05, 0) is 129 Å². The van der Waals surface area contributed by atoms with Crippen molar-refractivity contribution in [3.63, 3.8) is 0 Å². The molecule has 0 aliphatic rings. The van der Waals surface area contributed by atoms with Crippen molar-refractivity contribution in [2.45, 2.75) is 59.3 Å². The maximum absolute atomic E-state index is 3.62. The van der Waals surface area contributed by atoms with E-state index < -0.39 is 0 Å². The lowest BCUT2D eigenvalue weighted by molar-refractivity contribution is 0.792. The largest absolute Gasteiger partial charge is 0.356 e. The monoisotopic (exact) mass is 623 g/mol. The molecule has 0 aromatic heterocycles. The van der Waals surface area contributed by atoms with E-state index in [1.54, 1.807) is 0 Å². The number of benzene rings is 7. The standard InChI is InChI=1S/C47H45N/c1-4-6-12-38-23-22-36-14-8-9-15-42(36)46(38)47-39(13-7-5-2)32-45(43-16-10-11-17-44(43)47)37-26-30-41(31-27-37)48-40-28-24-35(25-29-40)34-20-18-33(3)19-21-34/h8-11,14-32,48H,4-7,12-13H2,1-3H3. The Morgan fingerprint density at radius 3 is 1.62 bits per heavy atom. The summed E-state index contributed by atoms with van der Waals surface area (Å²) in [6, 6.07) is 51.6. The molecule has 1 heteroatoms. The molecular formula is C47H45N. The number of hydrogen-bond donors (Lipinski definition) is 1. The minimum atomic E-state index is 1.07.